The first kappa shape index (κ1) is 13.6. The zero-order valence-electron chi connectivity index (χ0n) is 11.1. The van der Waals surface area contributed by atoms with Gasteiger partial charge in [0.05, 0.1) is 0 Å². The molecule has 1 amide bonds. The van der Waals surface area contributed by atoms with Gasteiger partial charge in [-0.3, -0.25) is 4.79 Å². The van der Waals surface area contributed by atoms with Crippen LogP contribution in [0.3, 0.4) is 0 Å². The van der Waals surface area contributed by atoms with Crippen LogP contribution in [0.2, 0.25) is 0 Å². The lowest BCUT2D eigenvalue weighted by Gasteiger charge is -2.02. The van der Waals surface area contributed by atoms with Gasteiger partial charge in [0, 0.05) is 7.05 Å². The van der Waals surface area contributed by atoms with Crippen LogP contribution in [0.1, 0.15) is 5.56 Å². The lowest BCUT2D eigenvalue weighted by atomic mass is 10.0. The van der Waals surface area contributed by atoms with Gasteiger partial charge in [-0.05, 0) is 22.8 Å². The van der Waals surface area contributed by atoms with E-state index in [1.165, 1.54) is 7.05 Å². The Kier molecular flexibility index (Phi) is 4.31. The Morgan fingerprint density at radius 3 is 2.20 bits per heavy atom. The summed E-state index contributed by atoms with van der Waals surface area (Å²) >= 11 is 0. The highest BCUT2D eigenvalue weighted by atomic mass is 16.1. The molecule has 2 aromatic rings. The monoisotopic (exact) mass is 262 g/mol. The van der Waals surface area contributed by atoms with E-state index in [-0.39, 0.29) is 11.5 Å². The molecule has 0 unspecified atom stereocenters. The molecule has 2 rings (SSSR count). The van der Waals surface area contributed by atoms with Crippen molar-refractivity contribution in [3.63, 3.8) is 0 Å². The molecule has 3 heteroatoms. The molecular formula is C17H14N2O. The number of hydrogen-bond donors (Lipinski definition) is 1. The van der Waals surface area contributed by atoms with Gasteiger partial charge in [-0.2, -0.15) is 5.26 Å². The maximum atomic E-state index is 11.4. The highest BCUT2D eigenvalue weighted by Gasteiger charge is 2.05. The third kappa shape index (κ3) is 3.12. The molecule has 0 spiro atoms. The molecule has 0 heterocycles. The third-order valence-corrected chi connectivity index (χ3v) is 2.92. The summed E-state index contributed by atoms with van der Waals surface area (Å²) in [7, 11) is 1.51. The van der Waals surface area contributed by atoms with Gasteiger partial charge in [0.15, 0.2) is 0 Å². The minimum atomic E-state index is -0.375. The number of nitriles is 1. The van der Waals surface area contributed by atoms with E-state index in [2.05, 4.69) is 5.32 Å². The molecule has 0 aromatic heterocycles. The molecule has 2 aromatic carbocycles. The normalized spacial score (nSPS) is 10.7. The molecule has 0 aliphatic rings. The van der Waals surface area contributed by atoms with E-state index in [9.17, 15) is 4.79 Å². The Balaban J connectivity index is 2.27. The van der Waals surface area contributed by atoms with Crippen molar-refractivity contribution in [1.82, 2.24) is 5.32 Å². The Bertz CT molecular complexity index is 664. The van der Waals surface area contributed by atoms with E-state index in [4.69, 9.17) is 5.26 Å². The molecule has 20 heavy (non-hydrogen) atoms. The highest BCUT2D eigenvalue weighted by molar-refractivity contribution is 6.01. The molecule has 3 nitrogen and oxygen atoms in total. The number of carbonyl (C=O) groups excluding carboxylic acids is 1. The maximum absolute atomic E-state index is 11.4. The van der Waals surface area contributed by atoms with E-state index >= 15 is 0 Å². The summed E-state index contributed by atoms with van der Waals surface area (Å²) in [6.07, 6.45) is 1.58. The van der Waals surface area contributed by atoms with Gasteiger partial charge in [0.1, 0.15) is 11.6 Å². The fraction of sp³-hybridized carbons (Fsp3) is 0.0588. The molecule has 98 valence electrons. The van der Waals surface area contributed by atoms with E-state index in [1.54, 1.807) is 6.08 Å². The van der Waals surface area contributed by atoms with Crippen LogP contribution in [0.15, 0.2) is 60.2 Å². The largest absolute Gasteiger partial charge is 0.354 e. The predicted molar refractivity (Wildman–Crippen MR) is 79.5 cm³/mol. The lowest BCUT2D eigenvalue weighted by molar-refractivity contribution is -0.116. The summed E-state index contributed by atoms with van der Waals surface area (Å²) < 4.78 is 0. The number of carbonyl (C=O) groups is 1. The second-order valence-electron chi connectivity index (χ2n) is 4.24. The van der Waals surface area contributed by atoms with Gasteiger partial charge in [-0.15, -0.1) is 0 Å². The lowest BCUT2D eigenvalue weighted by Crippen LogP contribution is -2.19. The van der Waals surface area contributed by atoms with Crippen LogP contribution in [0.5, 0.6) is 0 Å². The second kappa shape index (κ2) is 6.35. The topological polar surface area (TPSA) is 52.9 Å². The second-order valence-corrected chi connectivity index (χ2v) is 4.24. The number of nitrogens with zero attached hydrogens (tertiary/aromatic N) is 1. The summed E-state index contributed by atoms with van der Waals surface area (Å²) in [6, 6.07) is 19.7. The standard InChI is InChI=1S/C17H14N2O/c1-19-17(20)16(12-18)11-13-7-9-15(10-8-13)14-5-3-2-4-6-14/h2-11H,1H3,(H,19,20)/b16-11+. The zero-order valence-corrected chi connectivity index (χ0v) is 11.1. The summed E-state index contributed by atoms with van der Waals surface area (Å²) in [6.45, 7) is 0. The first-order valence-electron chi connectivity index (χ1n) is 6.24. The molecule has 0 aliphatic carbocycles. The van der Waals surface area contributed by atoms with Crippen molar-refractivity contribution in [3.05, 3.63) is 65.7 Å². The average Bonchev–Trinajstić information content (AvgIpc) is 2.53. The highest BCUT2D eigenvalue weighted by Crippen LogP contribution is 2.20. The fourth-order valence-corrected chi connectivity index (χ4v) is 1.85. The van der Waals surface area contributed by atoms with Crippen molar-refractivity contribution in [1.29, 1.82) is 5.26 Å². The molecule has 0 radical (unpaired) electrons. The van der Waals surface area contributed by atoms with Gasteiger partial charge in [-0.1, -0.05) is 54.6 Å². The quantitative estimate of drug-likeness (QED) is 0.683. The molecule has 0 saturated carbocycles. The molecule has 1 N–H and O–H groups in total. The Hall–Kier alpha value is -2.86. The summed E-state index contributed by atoms with van der Waals surface area (Å²) in [5.74, 6) is -0.375. The SMILES string of the molecule is CNC(=O)/C(C#N)=C/c1ccc(-c2ccccc2)cc1. The van der Waals surface area contributed by atoms with Crippen molar-refractivity contribution >= 4 is 12.0 Å². The van der Waals surface area contributed by atoms with Gasteiger partial charge in [-0.25, -0.2) is 0 Å². The third-order valence-electron chi connectivity index (χ3n) is 2.92. The predicted octanol–water partition coefficient (Wildman–Crippen LogP) is 3.01. The zero-order chi connectivity index (χ0) is 14.4. The Labute approximate surface area is 118 Å². The minimum absolute atomic E-state index is 0.0972. The first-order chi connectivity index (χ1) is 9.74. The van der Waals surface area contributed by atoms with Crippen molar-refractivity contribution in [2.45, 2.75) is 0 Å². The number of amides is 1. The molecule has 0 aliphatic heterocycles. The number of hydrogen-bond acceptors (Lipinski definition) is 2. The van der Waals surface area contributed by atoms with Crippen LogP contribution in [0.25, 0.3) is 17.2 Å². The smallest absolute Gasteiger partial charge is 0.261 e. The fourth-order valence-electron chi connectivity index (χ4n) is 1.85. The van der Waals surface area contributed by atoms with Gasteiger partial charge >= 0.3 is 0 Å². The molecule has 0 bridgehead atoms. The van der Waals surface area contributed by atoms with Crippen LogP contribution in [0.4, 0.5) is 0 Å². The molecule has 0 saturated heterocycles. The average molecular weight is 262 g/mol. The van der Waals surface area contributed by atoms with Gasteiger partial charge in [0.2, 0.25) is 0 Å². The van der Waals surface area contributed by atoms with E-state index in [1.807, 2.05) is 60.7 Å². The van der Waals surface area contributed by atoms with E-state index < -0.39 is 0 Å². The summed E-state index contributed by atoms with van der Waals surface area (Å²) in [5.41, 5.74) is 3.15. The number of nitrogens with one attached hydrogen (secondary N) is 1. The molecule has 0 fully saturated rings. The maximum Gasteiger partial charge on any atom is 0.261 e. The minimum Gasteiger partial charge on any atom is -0.354 e. The van der Waals surface area contributed by atoms with Crippen LogP contribution < -0.4 is 5.32 Å². The molecule has 0 atom stereocenters. The van der Waals surface area contributed by atoms with Crippen LogP contribution >= 0.6 is 0 Å². The van der Waals surface area contributed by atoms with Crippen LogP contribution in [-0.2, 0) is 4.79 Å². The van der Waals surface area contributed by atoms with Crippen molar-refractivity contribution < 1.29 is 4.79 Å². The van der Waals surface area contributed by atoms with Crippen molar-refractivity contribution in [2.24, 2.45) is 0 Å². The Morgan fingerprint density at radius 2 is 1.65 bits per heavy atom. The van der Waals surface area contributed by atoms with Crippen LogP contribution in [0, 0.1) is 11.3 Å². The number of rotatable bonds is 3. The Morgan fingerprint density at radius 1 is 1.05 bits per heavy atom. The van der Waals surface area contributed by atoms with Gasteiger partial charge in [0.25, 0.3) is 5.91 Å². The van der Waals surface area contributed by atoms with E-state index in [0.717, 1.165) is 16.7 Å². The summed E-state index contributed by atoms with van der Waals surface area (Å²) in [5, 5.41) is 11.4. The van der Waals surface area contributed by atoms with Crippen LogP contribution in [-0.4, -0.2) is 13.0 Å². The van der Waals surface area contributed by atoms with Crippen molar-refractivity contribution in [3.8, 4) is 17.2 Å². The van der Waals surface area contributed by atoms with Crippen molar-refractivity contribution in [2.75, 3.05) is 7.05 Å². The number of likely N-dealkylation sites (N-methyl/N-ethyl adjacent to an activating group) is 1. The molecular weight excluding hydrogens is 248 g/mol. The van der Waals surface area contributed by atoms with E-state index in [0.29, 0.717) is 0 Å². The van der Waals surface area contributed by atoms with Gasteiger partial charge < -0.3 is 5.32 Å². The number of benzene rings is 2. The first-order valence-corrected chi connectivity index (χ1v) is 6.24. The summed E-state index contributed by atoms with van der Waals surface area (Å²) in [4.78, 5) is 11.4.